The Hall–Kier alpha value is -0.940. The number of hydrogen-bond donors (Lipinski definition) is 1. The number of methoxy groups -OCH3 is 2. The van der Waals surface area contributed by atoms with Gasteiger partial charge in [-0.1, -0.05) is 0 Å². The molecule has 1 aliphatic heterocycles. The first-order valence-electron chi connectivity index (χ1n) is 6.14. The molecule has 0 aliphatic carbocycles. The molecule has 1 unspecified atom stereocenters. The summed E-state index contributed by atoms with van der Waals surface area (Å²) in [6.07, 6.45) is 4.99. The molecule has 0 amide bonds. The van der Waals surface area contributed by atoms with E-state index in [0.29, 0.717) is 6.54 Å². The molecule has 0 bridgehead atoms. The lowest BCUT2D eigenvalue weighted by molar-refractivity contribution is 0.347. The highest BCUT2D eigenvalue weighted by Crippen LogP contribution is 2.42. The van der Waals surface area contributed by atoms with Crippen LogP contribution in [0.5, 0.6) is 11.5 Å². The van der Waals surface area contributed by atoms with E-state index in [1.807, 2.05) is 17.8 Å². The molecule has 1 atom stereocenters. The number of aromatic nitrogens is 1. The molecule has 18 heavy (non-hydrogen) atoms. The van der Waals surface area contributed by atoms with Gasteiger partial charge >= 0.3 is 0 Å². The van der Waals surface area contributed by atoms with Crippen LogP contribution < -0.4 is 15.2 Å². The van der Waals surface area contributed by atoms with E-state index in [1.165, 1.54) is 12.2 Å². The molecule has 0 spiro atoms. The summed E-state index contributed by atoms with van der Waals surface area (Å²) >= 11 is 1.96. The quantitative estimate of drug-likeness (QED) is 0.883. The van der Waals surface area contributed by atoms with Crippen molar-refractivity contribution in [3.63, 3.8) is 0 Å². The summed E-state index contributed by atoms with van der Waals surface area (Å²) in [6.45, 7) is 0.680. The monoisotopic (exact) mass is 268 g/mol. The second-order valence-corrected chi connectivity index (χ2v) is 6.07. The number of ether oxygens (including phenoxy) is 2. The molecule has 1 aromatic heterocycles. The minimum atomic E-state index is 0.118. The average molecular weight is 268 g/mol. The zero-order valence-corrected chi connectivity index (χ0v) is 11.8. The number of pyridine rings is 1. The maximum atomic E-state index is 5.96. The minimum absolute atomic E-state index is 0.118. The Morgan fingerprint density at radius 3 is 2.83 bits per heavy atom. The fraction of sp³-hybridized carbons (Fsp3) is 0.615. The Bertz CT molecular complexity index is 406. The molecular weight excluding hydrogens is 248 g/mol. The van der Waals surface area contributed by atoms with Crippen LogP contribution in [-0.4, -0.2) is 36.2 Å². The Balaban J connectivity index is 2.27. The lowest BCUT2D eigenvalue weighted by atomic mass is 9.96. The summed E-state index contributed by atoms with van der Waals surface area (Å²) in [5.74, 6) is 2.65. The summed E-state index contributed by atoms with van der Waals surface area (Å²) in [6, 6.07) is 1.82. The molecule has 5 heteroatoms. The maximum absolute atomic E-state index is 5.96. The topological polar surface area (TPSA) is 57.4 Å². The average Bonchev–Trinajstić information content (AvgIpc) is 2.87. The zero-order valence-electron chi connectivity index (χ0n) is 10.9. The van der Waals surface area contributed by atoms with Crippen LogP contribution in [-0.2, 0) is 6.42 Å². The molecule has 1 aromatic rings. The maximum Gasteiger partial charge on any atom is 0.182 e. The predicted octanol–water partition coefficient (Wildman–Crippen LogP) is 1.87. The smallest absolute Gasteiger partial charge is 0.182 e. The van der Waals surface area contributed by atoms with Crippen molar-refractivity contribution < 1.29 is 9.47 Å². The standard InChI is InChI=1S/C13H20N2O2S/c1-16-11-4-6-15-10(12(11)17-2)8-13(9-14)5-3-7-18-13/h4,6H,3,5,7-9,14H2,1-2H3. The van der Waals surface area contributed by atoms with Crippen molar-refractivity contribution >= 4 is 11.8 Å². The molecule has 2 rings (SSSR count). The largest absolute Gasteiger partial charge is 0.493 e. The first kappa shape index (κ1) is 13.5. The molecule has 1 aliphatic rings. The van der Waals surface area contributed by atoms with Crippen LogP contribution in [0.1, 0.15) is 18.5 Å². The number of rotatable bonds is 5. The van der Waals surface area contributed by atoms with E-state index < -0.39 is 0 Å². The van der Waals surface area contributed by atoms with Crippen molar-refractivity contribution in [2.75, 3.05) is 26.5 Å². The Labute approximate surface area is 112 Å². The van der Waals surface area contributed by atoms with Crippen LogP contribution in [0.2, 0.25) is 0 Å². The van der Waals surface area contributed by atoms with E-state index in [0.717, 1.165) is 30.0 Å². The van der Waals surface area contributed by atoms with Crippen molar-refractivity contribution in [2.45, 2.75) is 24.0 Å². The molecule has 0 radical (unpaired) electrons. The predicted molar refractivity (Wildman–Crippen MR) is 74.5 cm³/mol. The van der Waals surface area contributed by atoms with Crippen LogP contribution >= 0.6 is 11.8 Å². The third kappa shape index (κ3) is 2.57. The molecule has 2 N–H and O–H groups in total. The van der Waals surface area contributed by atoms with Gasteiger partial charge in [-0.05, 0) is 18.6 Å². The third-order valence-corrected chi connectivity index (χ3v) is 5.03. The van der Waals surface area contributed by atoms with Gasteiger partial charge in [0.25, 0.3) is 0 Å². The molecule has 1 saturated heterocycles. The number of nitrogens with zero attached hydrogens (tertiary/aromatic N) is 1. The van der Waals surface area contributed by atoms with Crippen LogP contribution in [0.15, 0.2) is 12.3 Å². The van der Waals surface area contributed by atoms with Crippen molar-refractivity contribution in [3.05, 3.63) is 18.0 Å². The minimum Gasteiger partial charge on any atom is -0.493 e. The van der Waals surface area contributed by atoms with Crippen molar-refractivity contribution in [1.29, 1.82) is 0 Å². The van der Waals surface area contributed by atoms with Crippen molar-refractivity contribution in [2.24, 2.45) is 5.73 Å². The van der Waals surface area contributed by atoms with Crippen LogP contribution in [0.25, 0.3) is 0 Å². The Morgan fingerprint density at radius 2 is 2.28 bits per heavy atom. The van der Waals surface area contributed by atoms with E-state index in [4.69, 9.17) is 15.2 Å². The lowest BCUT2D eigenvalue weighted by Gasteiger charge is -2.26. The van der Waals surface area contributed by atoms with E-state index in [-0.39, 0.29) is 4.75 Å². The molecule has 0 aromatic carbocycles. The molecule has 2 heterocycles. The van der Waals surface area contributed by atoms with Crippen LogP contribution in [0, 0.1) is 0 Å². The SMILES string of the molecule is COc1ccnc(CC2(CN)CCCS2)c1OC. The first-order valence-corrected chi connectivity index (χ1v) is 7.13. The van der Waals surface area contributed by atoms with E-state index in [2.05, 4.69) is 4.98 Å². The zero-order chi connectivity index (χ0) is 13.0. The van der Waals surface area contributed by atoms with Crippen LogP contribution in [0.3, 0.4) is 0 Å². The van der Waals surface area contributed by atoms with Gasteiger partial charge in [-0.3, -0.25) is 4.98 Å². The van der Waals surface area contributed by atoms with E-state index >= 15 is 0 Å². The van der Waals surface area contributed by atoms with Crippen molar-refractivity contribution in [3.8, 4) is 11.5 Å². The molecular formula is C13H20N2O2S. The van der Waals surface area contributed by atoms with Gasteiger partial charge in [-0.15, -0.1) is 0 Å². The molecule has 0 saturated carbocycles. The number of nitrogens with two attached hydrogens (primary N) is 1. The van der Waals surface area contributed by atoms with Gasteiger partial charge in [-0.25, -0.2) is 0 Å². The fourth-order valence-corrected chi connectivity index (χ4v) is 3.78. The van der Waals surface area contributed by atoms with Gasteiger partial charge in [0, 0.05) is 30.0 Å². The highest BCUT2D eigenvalue weighted by molar-refractivity contribution is 8.00. The number of hydrogen-bond acceptors (Lipinski definition) is 5. The summed E-state index contributed by atoms with van der Waals surface area (Å²) in [7, 11) is 3.30. The van der Waals surface area contributed by atoms with Crippen molar-refractivity contribution in [1.82, 2.24) is 4.98 Å². The van der Waals surface area contributed by atoms with E-state index in [1.54, 1.807) is 20.4 Å². The molecule has 100 valence electrons. The highest BCUT2D eigenvalue weighted by atomic mass is 32.2. The van der Waals surface area contributed by atoms with Gasteiger partial charge in [0.1, 0.15) is 0 Å². The number of thioether (sulfide) groups is 1. The summed E-state index contributed by atoms with van der Waals surface area (Å²) in [4.78, 5) is 4.44. The molecule has 4 nitrogen and oxygen atoms in total. The Morgan fingerprint density at radius 1 is 1.44 bits per heavy atom. The summed E-state index contributed by atoms with van der Waals surface area (Å²) in [5.41, 5.74) is 6.90. The fourth-order valence-electron chi connectivity index (χ4n) is 2.41. The van der Waals surface area contributed by atoms with Gasteiger partial charge in [0.15, 0.2) is 11.5 Å². The normalized spacial score (nSPS) is 23.1. The first-order chi connectivity index (χ1) is 8.74. The van der Waals surface area contributed by atoms with Gasteiger partial charge in [-0.2, -0.15) is 11.8 Å². The summed E-state index contributed by atoms with van der Waals surface area (Å²) in [5, 5.41) is 0. The van der Waals surface area contributed by atoms with Gasteiger partial charge in [0.2, 0.25) is 0 Å². The second-order valence-electron chi connectivity index (χ2n) is 4.51. The van der Waals surface area contributed by atoms with Crippen LogP contribution in [0.4, 0.5) is 0 Å². The molecule has 1 fully saturated rings. The Kier molecular flexibility index (Phi) is 4.35. The lowest BCUT2D eigenvalue weighted by Crippen LogP contribution is -2.34. The van der Waals surface area contributed by atoms with E-state index in [9.17, 15) is 0 Å². The second kappa shape index (κ2) is 5.80. The summed E-state index contributed by atoms with van der Waals surface area (Å²) < 4.78 is 10.9. The highest BCUT2D eigenvalue weighted by Gasteiger charge is 2.35. The third-order valence-electron chi connectivity index (χ3n) is 3.41. The van der Waals surface area contributed by atoms with Gasteiger partial charge < -0.3 is 15.2 Å². The van der Waals surface area contributed by atoms with Gasteiger partial charge in [0.05, 0.1) is 19.9 Å².